The lowest BCUT2D eigenvalue weighted by molar-refractivity contribution is 0.127. The van der Waals surface area contributed by atoms with E-state index in [-0.39, 0.29) is 12.6 Å². The second-order valence-corrected chi connectivity index (χ2v) is 5.75. The van der Waals surface area contributed by atoms with Crippen molar-refractivity contribution in [3.8, 4) is 0 Å². The number of halogens is 2. The van der Waals surface area contributed by atoms with Gasteiger partial charge in [0.15, 0.2) is 0 Å². The number of piperidine rings is 1. The van der Waals surface area contributed by atoms with Crippen LogP contribution in [0.25, 0.3) is 0 Å². The molecule has 1 N–H and O–H groups in total. The average Bonchev–Trinajstić information content (AvgIpc) is 2.44. The van der Waals surface area contributed by atoms with E-state index in [0.717, 1.165) is 25.9 Å². The summed E-state index contributed by atoms with van der Waals surface area (Å²) in [4.78, 5) is 2.23. The van der Waals surface area contributed by atoms with Crippen molar-refractivity contribution in [1.82, 2.24) is 10.2 Å². The number of alkyl halides is 2. The average molecular weight is 282 g/mol. The summed E-state index contributed by atoms with van der Waals surface area (Å²) in [6.45, 7) is 3.78. The molecule has 1 saturated heterocycles. The van der Waals surface area contributed by atoms with Crippen LogP contribution in [0.15, 0.2) is 24.3 Å². The van der Waals surface area contributed by atoms with Crippen LogP contribution in [0.4, 0.5) is 8.78 Å². The first-order valence-corrected chi connectivity index (χ1v) is 7.37. The SMILES string of the molecule is CCc1ccc(C2CC(NCC(F)F)CN(C)C2)cc1. The Hall–Kier alpha value is -1.00. The molecule has 0 aromatic heterocycles. The molecule has 0 saturated carbocycles. The fourth-order valence-electron chi connectivity index (χ4n) is 2.99. The predicted molar refractivity (Wildman–Crippen MR) is 78.5 cm³/mol. The molecule has 1 heterocycles. The van der Waals surface area contributed by atoms with Gasteiger partial charge >= 0.3 is 0 Å². The smallest absolute Gasteiger partial charge is 0.250 e. The molecular weight excluding hydrogens is 258 g/mol. The van der Waals surface area contributed by atoms with Crippen molar-refractivity contribution in [3.63, 3.8) is 0 Å². The molecule has 4 heteroatoms. The molecule has 0 radical (unpaired) electrons. The standard InChI is InChI=1S/C16H24F2N2/c1-3-12-4-6-13(7-5-12)14-8-15(11-20(2)10-14)19-9-16(17)18/h4-7,14-16,19H,3,8-11H2,1-2H3. The van der Waals surface area contributed by atoms with E-state index in [9.17, 15) is 8.78 Å². The number of rotatable bonds is 5. The summed E-state index contributed by atoms with van der Waals surface area (Å²) in [5.74, 6) is 0.426. The molecule has 2 rings (SSSR count). The van der Waals surface area contributed by atoms with Gasteiger partial charge in [-0.15, -0.1) is 0 Å². The molecule has 2 atom stereocenters. The molecule has 112 valence electrons. The van der Waals surface area contributed by atoms with Crippen LogP contribution in [0.1, 0.15) is 30.4 Å². The van der Waals surface area contributed by atoms with Crippen molar-refractivity contribution in [2.75, 3.05) is 26.7 Å². The maximum atomic E-state index is 12.3. The van der Waals surface area contributed by atoms with Crippen LogP contribution in [0.2, 0.25) is 0 Å². The fraction of sp³-hybridized carbons (Fsp3) is 0.625. The first-order chi connectivity index (χ1) is 9.58. The molecule has 0 aliphatic carbocycles. The summed E-state index contributed by atoms with van der Waals surface area (Å²) in [5.41, 5.74) is 2.66. The molecule has 20 heavy (non-hydrogen) atoms. The minimum Gasteiger partial charge on any atom is -0.307 e. The third kappa shape index (κ3) is 4.25. The van der Waals surface area contributed by atoms with Crippen LogP contribution in [0.5, 0.6) is 0 Å². The van der Waals surface area contributed by atoms with Crippen molar-refractivity contribution in [2.24, 2.45) is 0 Å². The normalized spacial score (nSPS) is 24.2. The number of nitrogens with zero attached hydrogens (tertiary/aromatic N) is 1. The minimum atomic E-state index is -2.27. The largest absolute Gasteiger partial charge is 0.307 e. The summed E-state index contributed by atoms with van der Waals surface area (Å²) in [5, 5.41) is 2.98. The predicted octanol–water partition coefficient (Wildman–Crippen LogP) is 2.89. The van der Waals surface area contributed by atoms with Crippen LogP contribution in [0.3, 0.4) is 0 Å². The van der Waals surface area contributed by atoms with Gasteiger partial charge < -0.3 is 10.2 Å². The highest BCUT2D eigenvalue weighted by Crippen LogP contribution is 2.26. The van der Waals surface area contributed by atoms with Gasteiger partial charge in [-0.2, -0.15) is 0 Å². The highest BCUT2D eigenvalue weighted by molar-refractivity contribution is 5.26. The van der Waals surface area contributed by atoms with Gasteiger partial charge in [0.25, 0.3) is 6.43 Å². The van der Waals surface area contributed by atoms with Gasteiger partial charge in [0, 0.05) is 19.1 Å². The van der Waals surface area contributed by atoms with Crippen LogP contribution >= 0.6 is 0 Å². The van der Waals surface area contributed by atoms with Gasteiger partial charge in [-0.3, -0.25) is 0 Å². The fourth-order valence-corrected chi connectivity index (χ4v) is 2.99. The van der Waals surface area contributed by atoms with E-state index < -0.39 is 6.43 Å². The van der Waals surface area contributed by atoms with Crippen molar-refractivity contribution in [2.45, 2.75) is 38.2 Å². The zero-order chi connectivity index (χ0) is 14.5. The van der Waals surface area contributed by atoms with Gasteiger partial charge in [-0.1, -0.05) is 31.2 Å². The van der Waals surface area contributed by atoms with Crippen molar-refractivity contribution < 1.29 is 8.78 Å². The van der Waals surface area contributed by atoms with E-state index in [1.54, 1.807) is 0 Å². The third-order valence-corrected chi connectivity index (χ3v) is 4.05. The van der Waals surface area contributed by atoms with Crippen molar-refractivity contribution in [3.05, 3.63) is 35.4 Å². The second kappa shape index (κ2) is 7.14. The number of nitrogens with one attached hydrogen (secondary N) is 1. The third-order valence-electron chi connectivity index (χ3n) is 4.05. The van der Waals surface area contributed by atoms with Crippen molar-refractivity contribution >= 4 is 0 Å². The minimum absolute atomic E-state index is 0.151. The Labute approximate surface area is 120 Å². The molecule has 2 nitrogen and oxygen atoms in total. The molecule has 1 aromatic rings. The van der Waals surface area contributed by atoms with Crippen LogP contribution < -0.4 is 5.32 Å². The molecule has 1 fully saturated rings. The van der Waals surface area contributed by atoms with E-state index in [1.165, 1.54) is 11.1 Å². The number of hydrogen-bond acceptors (Lipinski definition) is 2. The second-order valence-electron chi connectivity index (χ2n) is 5.75. The van der Waals surface area contributed by atoms with Gasteiger partial charge in [-0.05, 0) is 36.9 Å². The summed E-state index contributed by atoms with van der Waals surface area (Å²) >= 11 is 0. The van der Waals surface area contributed by atoms with Gasteiger partial charge in [-0.25, -0.2) is 8.78 Å². The van der Waals surface area contributed by atoms with Gasteiger partial charge in [0.2, 0.25) is 0 Å². The van der Waals surface area contributed by atoms with E-state index >= 15 is 0 Å². The van der Waals surface area contributed by atoms with Gasteiger partial charge in [0.1, 0.15) is 0 Å². The van der Waals surface area contributed by atoms with E-state index in [4.69, 9.17) is 0 Å². The number of benzene rings is 1. The number of aryl methyl sites for hydroxylation is 1. The quantitative estimate of drug-likeness (QED) is 0.893. The summed E-state index contributed by atoms with van der Waals surface area (Å²) in [7, 11) is 2.06. The summed E-state index contributed by atoms with van der Waals surface area (Å²) < 4.78 is 24.6. The summed E-state index contributed by atoms with van der Waals surface area (Å²) in [6, 6.07) is 8.87. The van der Waals surface area contributed by atoms with E-state index in [0.29, 0.717) is 5.92 Å². The maximum Gasteiger partial charge on any atom is 0.250 e. The number of likely N-dealkylation sites (tertiary alicyclic amines) is 1. The molecule has 0 bridgehead atoms. The Morgan fingerprint density at radius 1 is 1.25 bits per heavy atom. The highest BCUT2D eigenvalue weighted by atomic mass is 19.3. The Morgan fingerprint density at radius 3 is 2.55 bits per heavy atom. The number of hydrogen-bond donors (Lipinski definition) is 1. The topological polar surface area (TPSA) is 15.3 Å². The maximum absolute atomic E-state index is 12.3. The number of likely N-dealkylation sites (N-methyl/N-ethyl adjacent to an activating group) is 1. The van der Waals surface area contributed by atoms with E-state index in [1.807, 2.05) is 0 Å². The molecule has 0 amide bonds. The highest BCUT2D eigenvalue weighted by Gasteiger charge is 2.26. The van der Waals surface area contributed by atoms with E-state index in [2.05, 4.69) is 48.5 Å². The molecule has 1 aliphatic rings. The molecule has 2 unspecified atom stereocenters. The first-order valence-electron chi connectivity index (χ1n) is 7.37. The van der Waals surface area contributed by atoms with Crippen LogP contribution in [-0.4, -0.2) is 44.0 Å². The van der Waals surface area contributed by atoms with Crippen LogP contribution in [-0.2, 0) is 6.42 Å². The Kier molecular flexibility index (Phi) is 5.49. The monoisotopic (exact) mass is 282 g/mol. The first kappa shape index (κ1) is 15.4. The molecule has 1 aromatic carbocycles. The Morgan fingerprint density at radius 2 is 1.95 bits per heavy atom. The zero-order valence-corrected chi connectivity index (χ0v) is 12.3. The lowest BCUT2D eigenvalue weighted by atomic mass is 9.87. The molecule has 1 aliphatic heterocycles. The molecule has 0 spiro atoms. The lowest BCUT2D eigenvalue weighted by Crippen LogP contribution is -2.48. The van der Waals surface area contributed by atoms with Crippen LogP contribution in [0, 0.1) is 0 Å². The lowest BCUT2D eigenvalue weighted by Gasteiger charge is -2.36. The summed E-state index contributed by atoms with van der Waals surface area (Å²) in [6.07, 6.45) is -0.295. The van der Waals surface area contributed by atoms with Gasteiger partial charge in [0.05, 0.1) is 6.54 Å². The Balaban J connectivity index is 1.99. The molecular formula is C16H24F2N2. The van der Waals surface area contributed by atoms with Crippen molar-refractivity contribution in [1.29, 1.82) is 0 Å². The zero-order valence-electron chi connectivity index (χ0n) is 12.3. The Bertz CT molecular complexity index is 405.